The monoisotopic (exact) mass is 410 g/mol. The van der Waals surface area contributed by atoms with Crippen molar-refractivity contribution in [2.24, 2.45) is 0 Å². The zero-order valence-corrected chi connectivity index (χ0v) is 16.2. The van der Waals surface area contributed by atoms with Crippen molar-refractivity contribution < 1.29 is 9.52 Å². The summed E-state index contributed by atoms with van der Waals surface area (Å²) < 4.78 is 5.24. The summed E-state index contributed by atoms with van der Waals surface area (Å²) in [6, 6.07) is 5.62. The van der Waals surface area contributed by atoms with Crippen molar-refractivity contribution in [2.75, 3.05) is 25.0 Å². The van der Waals surface area contributed by atoms with E-state index in [4.69, 9.17) is 4.42 Å². The second kappa shape index (κ2) is 8.98. The van der Waals surface area contributed by atoms with Crippen molar-refractivity contribution in [2.45, 2.75) is 12.5 Å². The third-order valence-electron chi connectivity index (χ3n) is 4.38. The molecule has 144 valence electrons. The highest BCUT2D eigenvalue weighted by Crippen LogP contribution is 2.31. The number of likely N-dealkylation sites (N-methyl/N-ethyl adjacent to an activating group) is 1. The lowest BCUT2D eigenvalue weighted by molar-refractivity contribution is 0.476. The van der Waals surface area contributed by atoms with Gasteiger partial charge < -0.3 is 19.7 Å². The number of aromatic nitrogens is 4. The number of phenolic OH excluding ortho intramolecular Hbond substituents is 1. The predicted octanol–water partition coefficient (Wildman–Crippen LogP) is 2.54. The number of aromatic hydroxyl groups is 1. The number of benzene rings is 1. The fourth-order valence-corrected chi connectivity index (χ4v) is 2.96. The number of halogens is 2. The maximum atomic E-state index is 10.3. The Bertz CT molecular complexity index is 860. The number of rotatable bonds is 4. The number of nitrogens with zero attached hydrogens (tertiary/aromatic N) is 5. The highest BCUT2D eigenvalue weighted by molar-refractivity contribution is 5.85. The summed E-state index contributed by atoms with van der Waals surface area (Å²) in [4.78, 5) is 10.6. The minimum atomic E-state index is 0. The lowest BCUT2D eigenvalue weighted by atomic mass is 10.1. The van der Waals surface area contributed by atoms with Crippen LogP contribution in [0.25, 0.3) is 22.7 Å². The first-order valence-electron chi connectivity index (χ1n) is 8.10. The van der Waals surface area contributed by atoms with Crippen molar-refractivity contribution in [1.82, 2.24) is 25.5 Å². The van der Waals surface area contributed by atoms with E-state index in [-0.39, 0.29) is 30.6 Å². The van der Waals surface area contributed by atoms with Gasteiger partial charge in [0.1, 0.15) is 17.7 Å². The summed E-state index contributed by atoms with van der Waals surface area (Å²) in [5.41, 5.74) is 1.78. The minimum absolute atomic E-state index is 0. The van der Waals surface area contributed by atoms with Crippen molar-refractivity contribution in [3.05, 3.63) is 36.9 Å². The Balaban J connectivity index is 0.00000131. The van der Waals surface area contributed by atoms with Crippen molar-refractivity contribution >= 4 is 30.8 Å². The molecule has 2 N–H and O–H groups in total. The van der Waals surface area contributed by atoms with Crippen molar-refractivity contribution in [3.8, 4) is 28.5 Å². The first-order chi connectivity index (χ1) is 12.2. The zero-order chi connectivity index (χ0) is 17.2. The van der Waals surface area contributed by atoms with E-state index in [1.165, 1.54) is 6.26 Å². The van der Waals surface area contributed by atoms with Crippen LogP contribution in [0, 0.1) is 0 Å². The van der Waals surface area contributed by atoms with Crippen LogP contribution in [-0.4, -0.2) is 51.5 Å². The zero-order valence-electron chi connectivity index (χ0n) is 14.6. The van der Waals surface area contributed by atoms with Gasteiger partial charge in [-0.3, -0.25) is 0 Å². The first-order valence-corrected chi connectivity index (χ1v) is 8.10. The normalized spacial score (nSPS) is 15.9. The van der Waals surface area contributed by atoms with Crippen molar-refractivity contribution in [3.63, 3.8) is 0 Å². The fraction of sp³-hybridized carbons (Fsp3) is 0.294. The number of oxazole rings is 1. The summed E-state index contributed by atoms with van der Waals surface area (Å²) in [5, 5.41) is 22.0. The van der Waals surface area contributed by atoms with Crippen LogP contribution in [0.5, 0.6) is 5.75 Å². The first kappa shape index (κ1) is 20.9. The minimum Gasteiger partial charge on any atom is -0.507 e. The van der Waals surface area contributed by atoms with Gasteiger partial charge in [0.05, 0.1) is 12.4 Å². The van der Waals surface area contributed by atoms with E-state index in [0.29, 0.717) is 34.7 Å². The van der Waals surface area contributed by atoms with Crippen LogP contribution in [0.15, 0.2) is 41.3 Å². The molecule has 1 aromatic carbocycles. The lowest BCUT2D eigenvalue weighted by Gasteiger charge is -2.15. The van der Waals surface area contributed by atoms with Crippen LogP contribution in [0.1, 0.15) is 6.42 Å². The second-order valence-corrected chi connectivity index (χ2v) is 5.93. The Hall–Kier alpha value is -2.42. The third-order valence-corrected chi connectivity index (χ3v) is 4.38. The molecular weight excluding hydrogens is 391 g/mol. The molecule has 0 aliphatic carbocycles. The van der Waals surface area contributed by atoms with E-state index in [0.717, 1.165) is 19.5 Å². The molecule has 1 fully saturated rings. The summed E-state index contributed by atoms with van der Waals surface area (Å²) in [5.74, 6) is 1.14. The number of nitrogens with one attached hydrogen (secondary N) is 1. The largest absolute Gasteiger partial charge is 0.507 e. The fourth-order valence-electron chi connectivity index (χ4n) is 2.96. The highest BCUT2D eigenvalue weighted by atomic mass is 35.5. The topological polar surface area (TPSA) is 100 Å². The van der Waals surface area contributed by atoms with Gasteiger partial charge in [-0.25, -0.2) is 9.97 Å². The summed E-state index contributed by atoms with van der Waals surface area (Å²) in [7, 11) is 1.96. The van der Waals surface area contributed by atoms with Crippen LogP contribution in [-0.2, 0) is 0 Å². The van der Waals surface area contributed by atoms with Gasteiger partial charge in [0.25, 0.3) is 0 Å². The maximum absolute atomic E-state index is 10.3. The van der Waals surface area contributed by atoms with Crippen LogP contribution in [0.4, 0.5) is 5.95 Å². The number of phenols is 1. The van der Waals surface area contributed by atoms with Crippen LogP contribution >= 0.6 is 24.8 Å². The molecule has 2 aromatic heterocycles. The van der Waals surface area contributed by atoms with Crippen molar-refractivity contribution in [1.29, 1.82) is 0 Å². The van der Waals surface area contributed by atoms with Gasteiger partial charge in [-0.15, -0.1) is 35.0 Å². The Morgan fingerprint density at radius 3 is 2.67 bits per heavy atom. The standard InChI is InChI=1S/C17H18N6O2.2ClH/c1-18-12-4-6-23(10-12)17-20-9-14(21-22-17)13-3-2-11(8-15(13)24)16-19-5-7-25-16;;/h2-3,5,7-9,12,18,24H,4,6,10H2,1H3;2*1H. The van der Waals surface area contributed by atoms with E-state index < -0.39 is 0 Å². The number of hydrogen-bond donors (Lipinski definition) is 2. The molecule has 1 unspecified atom stereocenters. The van der Waals surface area contributed by atoms with E-state index in [9.17, 15) is 5.11 Å². The van der Waals surface area contributed by atoms with E-state index in [1.54, 1.807) is 24.5 Å². The molecule has 3 heterocycles. The van der Waals surface area contributed by atoms with Gasteiger partial charge >= 0.3 is 0 Å². The van der Waals surface area contributed by atoms with E-state index >= 15 is 0 Å². The molecule has 0 amide bonds. The molecule has 27 heavy (non-hydrogen) atoms. The number of anilines is 1. The Morgan fingerprint density at radius 2 is 2.07 bits per heavy atom. The average molecular weight is 411 g/mol. The molecule has 0 radical (unpaired) electrons. The molecule has 0 saturated carbocycles. The Kier molecular flexibility index (Phi) is 6.95. The molecule has 1 aliphatic heterocycles. The molecule has 1 saturated heterocycles. The van der Waals surface area contributed by atoms with Gasteiger partial charge in [0, 0.05) is 30.3 Å². The van der Waals surface area contributed by atoms with Crippen LogP contribution in [0.2, 0.25) is 0 Å². The molecular formula is C17H20Cl2N6O2. The molecule has 1 atom stereocenters. The Labute approximate surface area is 168 Å². The van der Waals surface area contributed by atoms with Crippen LogP contribution in [0.3, 0.4) is 0 Å². The average Bonchev–Trinajstić information content (AvgIpc) is 3.34. The van der Waals surface area contributed by atoms with E-state index in [1.807, 2.05) is 13.1 Å². The quantitative estimate of drug-likeness (QED) is 0.676. The van der Waals surface area contributed by atoms with Gasteiger partial charge in [0.2, 0.25) is 11.8 Å². The molecule has 10 heteroatoms. The highest BCUT2D eigenvalue weighted by Gasteiger charge is 2.23. The van der Waals surface area contributed by atoms with Gasteiger partial charge in [0.15, 0.2) is 0 Å². The Morgan fingerprint density at radius 1 is 1.22 bits per heavy atom. The number of hydrogen-bond acceptors (Lipinski definition) is 8. The van der Waals surface area contributed by atoms with Gasteiger partial charge in [-0.1, -0.05) is 0 Å². The molecule has 0 spiro atoms. The SMILES string of the molecule is CNC1CCN(c2ncc(-c3ccc(-c4ncco4)cc3O)nn2)C1.Cl.Cl. The van der Waals surface area contributed by atoms with Gasteiger partial charge in [-0.2, -0.15) is 0 Å². The van der Waals surface area contributed by atoms with E-state index in [2.05, 4.69) is 30.4 Å². The lowest BCUT2D eigenvalue weighted by Crippen LogP contribution is -2.30. The summed E-state index contributed by atoms with van der Waals surface area (Å²) in [6.07, 6.45) is 5.75. The predicted molar refractivity (Wildman–Crippen MR) is 107 cm³/mol. The second-order valence-electron chi connectivity index (χ2n) is 5.93. The van der Waals surface area contributed by atoms with Gasteiger partial charge in [-0.05, 0) is 31.7 Å². The maximum Gasteiger partial charge on any atom is 0.245 e. The smallest absolute Gasteiger partial charge is 0.245 e. The molecule has 8 nitrogen and oxygen atoms in total. The third kappa shape index (κ3) is 4.29. The van der Waals surface area contributed by atoms with Crippen LogP contribution < -0.4 is 10.2 Å². The summed E-state index contributed by atoms with van der Waals surface area (Å²) in [6.45, 7) is 1.77. The molecule has 3 aromatic rings. The summed E-state index contributed by atoms with van der Waals surface area (Å²) >= 11 is 0. The molecule has 4 rings (SSSR count). The molecule has 0 bridgehead atoms. The molecule has 1 aliphatic rings.